The minimum Gasteiger partial charge on any atom is -0.417 e. The summed E-state index contributed by atoms with van der Waals surface area (Å²) in [6, 6.07) is 4.82. The lowest BCUT2D eigenvalue weighted by Gasteiger charge is -2.36. The minimum atomic E-state index is -1.88. The van der Waals surface area contributed by atoms with E-state index < -0.39 is 19.5 Å². The Kier molecular flexibility index (Phi) is 7.61. The van der Waals surface area contributed by atoms with Gasteiger partial charge in [-0.25, -0.2) is 9.07 Å². The molecule has 1 amide bonds. The zero-order chi connectivity index (χ0) is 27.0. The van der Waals surface area contributed by atoms with Crippen molar-refractivity contribution in [2.24, 2.45) is 5.41 Å². The van der Waals surface area contributed by atoms with Crippen LogP contribution in [0.5, 0.6) is 0 Å². The molecule has 7 nitrogen and oxygen atoms in total. The minimum absolute atomic E-state index is 0.0792. The molecule has 10 heteroatoms. The summed E-state index contributed by atoms with van der Waals surface area (Å²) in [5, 5.41) is 15.4. The van der Waals surface area contributed by atoms with Gasteiger partial charge in [-0.15, -0.1) is 0 Å². The number of hydrogen-bond acceptors (Lipinski definition) is 5. The van der Waals surface area contributed by atoms with Crippen molar-refractivity contribution in [2.45, 2.75) is 71.0 Å². The van der Waals surface area contributed by atoms with E-state index in [1.807, 2.05) is 13.0 Å². The summed E-state index contributed by atoms with van der Waals surface area (Å²) in [7, 11) is -1.88. The van der Waals surface area contributed by atoms with E-state index in [4.69, 9.17) is 16.0 Å². The number of halogens is 2. The number of anilines is 1. The molecule has 0 saturated heterocycles. The molecule has 1 aromatic carbocycles. The van der Waals surface area contributed by atoms with E-state index in [1.54, 1.807) is 35.5 Å². The highest BCUT2D eigenvalue weighted by Crippen LogP contribution is 2.62. The van der Waals surface area contributed by atoms with Crippen molar-refractivity contribution in [2.75, 3.05) is 11.9 Å². The van der Waals surface area contributed by atoms with Gasteiger partial charge < -0.3 is 9.74 Å². The first kappa shape index (κ1) is 27.4. The molecular weight excluding hydrogens is 509 g/mol. The lowest BCUT2D eigenvalue weighted by Crippen LogP contribution is -2.41. The average molecular weight is 544 g/mol. The zero-order valence-electron chi connectivity index (χ0n) is 22.3. The number of aryl methyl sites for hydroxylation is 1. The smallest absolute Gasteiger partial charge is 0.231 e. The normalized spacial score (nSPS) is 19.6. The predicted octanol–water partition coefficient (Wildman–Crippen LogP) is 6.68. The van der Waals surface area contributed by atoms with Gasteiger partial charge in [0.2, 0.25) is 5.91 Å². The Morgan fingerprint density at radius 2 is 2.00 bits per heavy atom. The van der Waals surface area contributed by atoms with E-state index in [1.165, 1.54) is 6.07 Å². The third-order valence-electron chi connectivity index (χ3n) is 7.90. The molecule has 0 aliphatic heterocycles. The number of amides is 1. The molecule has 1 saturated carbocycles. The number of benzene rings is 1. The molecule has 0 bridgehead atoms. The first-order chi connectivity index (χ1) is 17.3. The Bertz CT molecular complexity index is 1290. The maximum Gasteiger partial charge on any atom is 0.231 e. The van der Waals surface area contributed by atoms with Crippen molar-refractivity contribution in [3.63, 3.8) is 0 Å². The van der Waals surface area contributed by atoms with Crippen molar-refractivity contribution in [1.82, 2.24) is 20.0 Å². The molecular formula is C27H35ClFN5O2Si. The number of aromatic nitrogens is 4. The summed E-state index contributed by atoms with van der Waals surface area (Å²) in [5.74, 6) is -0.651. The third-order valence-corrected chi connectivity index (χ3v) is 12.7. The van der Waals surface area contributed by atoms with Crippen LogP contribution in [0.25, 0.3) is 5.69 Å². The molecule has 198 valence electrons. The molecule has 2 heterocycles. The Hall–Kier alpha value is -2.62. The number of rotatable bonds is 9. The van der Waals surface area contributed by atoms with E-state index in [0.717, 1.165) is 23.2 Å². The Morgan fingerprint density at radius 3 is 2.68 bits per heavy atom. The maximum absolute atomic E-state index is 14.2. The predicted molar refractivity (Wildman–Crippen MR) is 146 cm³/mol. The number of carbonyl (C=O) groups is 1. The van der Waals surface area contributed by atoms with Gasteiger partial charge in [0.15, 0.2) is 8.32 Å². The lowest BCUT2D eigenvalue weighted by atomic mass is 9.92. The van der Waals surface area contributed by atoms with E-state index in [-0.39, 0.29) is 21.9 Å². The summed E-state index contributed by atoms with van der Waals surface area (Å²) in [6.07, 6.45) is 8.69. The Labute approximate surface area is 223 Å². The average Bonchev–Trinajstić information content (AvgIpc) is 3.39. The quantitative estimate of drug-likeness (QED) is 0.240. The molecule has 4 rings (SSSR count). The maximum atomic E-state index is 14.2. The van der Waals surface area contributed by atoms with Crippen LogP contribution in [-0.2, 0) is 9.22 Å². The summed E-state index contributed by atoms with van der Waals surface area (Å²) >= 11 is 5.91. The highest BCUT2D eigenvalue weighted by molar-refractivity contribution is 6.74. The van der Waals surface area contributed by atoms with Gasteiger partial charge in [-0.05, 0) is 73.5 Å². The largest absolute Gasteiger partial charge is 0.417 e. The Morgan fingerprint density at radius 1 is 1.27 bits per heavy atom. The second-order valence-electron chi connectivity index (χ2n) is 11.5. The molecule has 1 N–H and O–H groups in total. The van der Waals surface area contributed by atoms with Crippen LogP contribution in [0.3, 0.4) is 0 Å². The molecule has 2 atom stereocenters. The van der Waals surface area contributed by atoms with E-state index >= 15 is 0 Å². The summed E-state index contributed by atoms with van der Waals surface area (Å²) in [5.41, 5.74) is 2.44. The lowest BCUT2D eigenvalue weighted by molar-refractivity contribution is -0.121. The van der Waals surface area contributed by atoms with Gasteiger partial charge in [0.05, 0.1) is 46.6 Å². The van der Waals surface area contributed by atoms with Gasteiger partial charge in [-0.1, -0.05) is 38.4 Å². The standard InChI is InChI=1S/C27H35ClFN5O2Si/c1-18-14-30-31-16-24(18)34-17-20(15-32-34)33-25(35)27(10-7-11-36-37(5,6)26(2,3)4)13-21(27)19-8-9-22(28)23(29)12-19/h8-9,12,14-17,21H,7,10-11,13H2,1-6H3,(H,33,35). The van der Waals surface area contributed by atoms with Gasteiger partial charge in [0.25, 0.3) is 0 Å². The zero-order valence-corrected chi connectivity index (χ0v) is 24.1. The van der Waals surface area contributed by atoms with Gasteiger partial charge >= 0.3 is 0 Å². The second-order valence-corrected chi connectivity index (χ2v) is 16.7. The van der Waals surface area contributed by atoms with Gasteiger partial charge in [0.1, 0.15) is 5.82 Å². The molecule has 3 aromatic rings. The SMILES string of the molecule is Cc1cnncc1-n1cc(NC(=O)C2(CCCO[Si](C)(C)C(C)(C)C)CC2c2ccc(Cl)c(F)c2)cn1. The molecule has 2 aromatic heterocycles. The van der Waals surface area contributed by atoms with Crippen molar-refractivity contribution >= 4 is 31.5 Å². The fraction of sp³-hybridized carbons (Fsp3) is 0.481. The topological polar surface area (TPSA) is 81.9 Å². The fourth-order valence-corrected chi connectivity index (χ4v) is 5.64. The van der Waals surface area contributed by atoms with Crippen molar-refractivity contribution < 1.29 is 13.6 Å². The van der Waals surface area contributed by atoms with E-state index in [9.17, 15) is 9.18 Å². The highest BCUT2D eigenvalue weighted by atomic mass is 35.5. The van der Waals surface area contributed by atoms with Crippen LogP contribution >= 0.6 is 11.6 Å². The molecule has 1 fully saturated rings. The number of hydrogen-bond donors (Lipinski definition) is 1. The first-order valence-electron chi connectivity index (χ1n) is 12.6. The number of nitrogens with zero attached hydrogens (tertiary/aromatic N) is 4. The summed E-state index contributed by atoms with van der Waals surface area (Å²) < 4.78 is 22.3. The molecule has 37 heavy (non-hydrogen) atoms. The molecule has 0 spiro atoms. The molecule has 0 radical (unpaired) electrons. The Balaban J connectivity index is 1.50. The van der Waals surface area contributed by atoms with Crippen LogP contribution in [0.4, 0.5) is 10.1 Å². The number of nitrogens with one attached hydrogen (secondary N) is 1. The summed E-state index contributed by atoms with van der Waals surface area (Å²) in [4.78, 5) is 13.7. The van der Waals surface area contributed by atoms with Crippen LogP contribution < -0.4 is 5.32 Å². The molecule has 1 aliphatic rings. The van der Waals surface area contributed by atoms with Crippen LogP contribution in [0, 0.1) is 18.2 Å². The van der Waals surface area contributed by atoms with Crippen LogP contribution in [0.1, 0.15) is 57.1 Å². The van der Waals surface area contributed by atoms with Gasteiger partial charge in [-0.2, -0.15) is 15.3 Å². The van der Waals surface area contributed by atoms with E-state index in [2.05, 4.69) is 54.5 Å². The first-order valence-corrected chi connectivity index (χ1v) is 15.9. The van der Waals surface area contributed by atoms with Gasteiger partial charge in [0, 0.05) is 6.61 Å². The van der Waals surface area contributed by atoms with Crippen LogP contribution in [-0.4, -0.2) is 40.8 Å². The second kappa shape index (κ2) is 10.3. The summed E-state index contributed by atoms with van der Waals surface area (Å²) in [6.45, 7) is 13.6. The third kappa shape index (κ3) is 5.78. The van der Waals surface area contributed by atoms with E-state index in [0.29, 0.717) is 25.1 Å². The molecule has 2 unspecified atom stereocenters. The highest BCUT2D eigenvalue weighted by Gasteiger charge is 2.59. The van der Waals surface area contributed by atoms with Gasteiger partial charge in [-0.3, -0.25) is 4.79 Å². The van der Waals surface area contributed by atoms with Crippen LogP contribution in [0.15, 0.2) is 43.0 Å². The van der Waals surface area contributed by atoms with Crippen LogP contribution in [0.2, 0.25) is 23.2 Å². The number of carbonyl (C=O) groups excluding carboxylic acids is 1. The monoisotopic (exact) mass is 543 g/mol. The van der Waals surface area contributed by atoms with Crippen molar-refractivity contribution in [3.05, 3.63) is 65.0 Å². The fourth-order valence-electron chi connectivity index (χ4n) is 4.43. The molecule has 1 aliphatic carbocycles. The van der Waals surface area contributed by atoms with Crippen molar-refractivity contribution in [1.29, 1.82) is 0 Å². The van der Waals surface area contributed by atoms with Crippen molar-refractivity contribution in [3.8, 4) is 5.69 Å².